The van der Waals surface area contributed by atoms with Crippen molar-refractivity contribution < 1.29 is 4.42 Å². The van der Waals surface area contributed by atoms with Crippen LogP contribution in [0.5, 0.6) is 0 Å². The Balaban J connectivity index is 2.39. The number of rotatable bonds is 2. The number of aromatic nitrogens is 3. The molecule has 0 saturated carbocycles. The zero-order valence-corrected chi connectivity index (χ0v) is 6.90. The van der Waals surface area contributed by atoms with E-state index in [9.17, 15) is 0 Å². The Morgan fingerprint density at radius 3 is 2.79 bits per heavy atom. The lowest BCUT2D eigenvalue weighted by atomic mass is 10.3. The van der Waals surface area contributed by atoms with Gasteiger partial charge < -0.3 is 4.42 Å². The molecule has 0 saturated heterocycles. The molecule has 2 rings (SSSR count). The van der Waals surface area contributed by atoms with E-state index in [2.05, 4.69) is 25.2 Å². The van der Waals surface area contributed by atoms with E-state index in [1.807, 2.05) is 0 Å². The summed E-state index contributed by atoms with van der Waals surface area (Å²) in [5.74, 6) is 0.301. The number of hydrogen-bond acceptors (Lipinski definition) is 5. The second-order valence-electron chi connectivity index (χ2n) is 2.32. The molecular weight excluding hydrogens is 184 g/mol. The van der Waals surface area contributed by atoms with E-state index in [-0.39, 0.29) is 6.01 Å². The van der Waals surface area contributed by atoms with Gasteiger partial charge in [0.25, 0.3) is 0 Å². The van der Waals surface area contributed by atoms with Crippen LogP contribution in [0.15, 0.2) is 34.1 Å². The van der Waals surface area contributed by atoms with Crippen LogP contribution >= 0.6 is 0 Å². The van der Waals surface area contributed by atoms with Crippen LogP contribution in [-0.2, 0) is 0 Å². The third kappa shape index (κ3) is 1.52. The molecule has 0 amide bonds. The average Bonchev–Trinajstić information content (AvgIpc) is 2.68. The van der Waals surface area contributed by atoms with Crippen molar-refractivity contribution in [2.45, 2.75) is 0 Å². The summed E-state index contributed by atoms with van der Waals surface area (Å²) in [6.07, 6.45) is 3.21. The quantitative estimate of drug-likeness (QED) is 0.409. The molecule has 2 aromatic rings. The minimum atomic E-state index is -0.0979. The zero-order valence-electron chi connectivity index (χ0n) is 6.90. The molecular formula is C7H4N6O. The van der Waals surface area contributed by atoms with Gasteiger partial charge in [0.15, 0.2) is 0 Å². The van der Waals surface area contributed by atoms with Crippen LogP contribution in [0, 0.1) is 0 Å². The molecule has 0 aromatic carbocycles. The first-order valence-electron chi connectivity index (χ1n) is 3.69. The Morgan fingerprint density at radius 2 is 2.07 bits per heavy atom. The van der Waals surface area contributed by atoms with Crippen molar-refractivity contribution in [1.82, 2.24) is 15.2 Å². The highest BCUT2D eigenvalue weighted by Gasteiger charge is 2.05. The molecule has 0 radical (unpaired) electrons. The van der Waals surface area contributed by atoms with Gasteiger partial charge in [-0.15, -0.1) is 10.2 Å². The first-order valence-corrected chi connectivity index (χ1v) is 3.69. The Hall–Kier alpha value is -2.40. The highest BCUT2D eigenvalue weighted by atomic mass is 16.4. The van der Waals surface area contributed by atoms with E-state index in [1.54, 1.807) is 24.5 Å². The largest absolute Gasteiger partial charge is 0.415 e. The van der Waals surface area contributed by atoms with Crippen LogP contribution < -0.4 is 0 Å². The van der Waals surface area contributed by atoms with E-state index in [4.69, 9.17) is 9.95 Å². The predicted octanol–water partition coefficient (Wildman–Crippen LogP) is 2.07. The lowest BCUT2D eigenvalue weighted by Gasteiger charge is -1.89. The summed E-state index contributed by atoms with van der Waals surface area (Å²) >= 11 is 0. The summed E-state index contributed by atoms with van der Waals surface area (Å²) in [6.45, 7) is 0. The maximum absolute atomic E-state index is 8.12. The SMILES string of the molecule is [N-]=[N+]=Nc1nnc(-c2ccncc2)o1. The second kappa shape index (κ2) is 3.55. The van der Waals surface area contributed by atoms with Gasteiger partial charge in [0.05, 0.1) is 0 Å². The third-order valence-corrected chi connectivity index (χ3v) is 1.47. The summed E-state index contributed by atoms with van der Waals surface area (Å²) in [6, 6.07) is 3.33. The van der Waals surface area contributed by atoms with Crippen molar-refractivity contribution in [3.63, 3.8) is 0 Å². The summed E-state index contributed by atoms with van der Waals surface area (Å²) in [5, 5.41) is 10.4. The van der Waals surface area contributed by atoms with Crippen molar-refractivity contribution in [2.75, 3.05) is 0 Å². The maximum atomic E-state index is 8.12. The Kier molecular flexibility index (Phi) is 2.08. The van der Waals surface area contributed by atoms with Crippen LogP contribution in [-0.4, -0.2) is 15.2 Å². The highest BCUT2D eigenvalue weighted by Crippen LogP contribution is 2.19. The second-order valence-corrected chi connectivity index (χ2v) is 2.32. The number of nitrogens with zero attached hydrogens (tertiary/aromatic N) is 6. The number of hydrogen-bond donors (Lipinski definition) is 0. The zero-order chi connectivity index (χ0) is 9.80. The molecule has 0 aliphatic rings. The van der Waals surface area contributed by atoms with Crippen LogP contribution in [0.25, 0.3) is 21.9 Å². The fourth-order valence-electron chi connectivity index (χ4n) is 0.905. The van der Waals surface area contributed by atoms with Gasteiger partial charge in [0.2, 0.25) is 5.89 Å². The van der Waals surface area contributed by atoms with Gasteiger partial charge in [-0.1, -0.05) is 0 Å². The van der Waals surface area contributed by atoms with Crippen LogP contribution in [0.2, 0.25) is 0 Å². The van der Waals surface area contributed by atoms with Crippen molar-refractivity contribution in [3.05, 3.63) is 35.0 Å². The molecule has 2 heterocycles. The minimum absolute atomic E-state index is 0.0979. The molecule has 0 aliphatic heterocycles. The van der Waals surface area contributed by atoms with E-state index >= 15 is 0 Å². The maximum Gasteiger partial charge on any atom is 0.304 e. The van der Waals surface area contributed by atoms with E-state index < -0.39 is 0 Å². The molecule has 68 valence electrons. The normalized spacial score (nSPS) is 9.43. The Bertz CT molecular complexity index is 472. The molecule has 0 unspecified atom stereocenters. The molecule has 0 atom stereocenters. The standard InChI is InChI=1S/C7H4N6O/c8-13-12-7-11-10-6(14-7)5-1-3-9-4-2-5/h1-4H. The fraction of sp³-hybridized carbons (Fsp3) is 0. The molecule has 0 spiro atoms. The van der Waals surface area contributed by atoms with Crippen molar-refractivity contribution >= 4 is 6.01 Å². The van der Waals surface area contributed by atoms with Crippen LogP contribution in [0.4, 0.5) is 6.01 Å². The first-order chi connectivity index (χ1) is 6.90. The molecule has 0 fully saturated rings. The van der Waals surface area contributed by atoms with Crippen LogP contribution in [0.1, 0.15) is 0 Å². The smallest absolute Gasteiger partial charge is 0.304 e. The summed E-state index contributed by atoms with van der Waals surface area (Å²) in [5.41, 5.74) is 8.85. The van der Waals surface area contributed by atoms with Gasteiger partial charge in [0, 0.05) is 28.0 Å². The van der Waals surface area contributed by atoms with Crippen molar-refractivity contribution in [3.8, 4) is 11.5 Å². The summed E-state index contributed by atoms with van der Waals surface area (Å²) in [7, 11) is 0. The topological polar surface area (TPSA) is 101 Å². The van der Waals surface area contributed by atoms with E-state index in [0.29, 0.717) is 5.89 Å². The lowest BCUT2D eigenvalue weighted by Crippen LogP contribution is -1.77. The van der Waals surface area contributed by atoms with Crippen LogP contribution in [0.3, 0.4) is 0 Å². The molecule has 0 N–H and O–H groups in total. The van der Waals surface area contributed by atoms with Gasteiger partial charge in [-0.25, -0.2) is 0 Å². The Labute approximate surface area is 78.0 Å². The van der Waals surface area contributed by atoms with Gasteiger partial charge in [-0.05, 0) is 17.7 Å². The molecule has 7 heteroatoms. The monoisotopic (exact) mass is 188 g/mol. The van der Waals surface area contributed by atoms with Gasteiger partial charge in [-0.3, -0.25) is 4.98 Å². The summed E-state index contributed by atoms with van der Waals surface area (Å²) in [4.78, 5) is 6.37. The third-order valence-electron chi connectivity index (χ3n) is 1.47. The fourth-order valence-corrected chi connectivity index (χ4v) is 0.905. The molecule has 0 bridgehead atoms. The summed E-state index contributed by atoms with van der Waals surface area (Å²) < 4.78 is 5.04. The molecule has 7 nitrogen and oxygen atoms in total. The van der Waals surface area contributed by atoms with Crippen molar-refractivity contribution in [2.24, 2.45) is 5.11 Å². The Morgan fingerprint density at radius 1 is 1.29 bits per heavy atom. The van der Waals surface area contributed by atoms with E-state index in [1.165, 1.54) is 0 Å². The molecule has 14 heavy (non-hydrogen) atoms. The first kappa shape index (κ1) is 8.21. The molecule has 0 aliphatic carbocycles. The molecule has 2 aromatic heterocycles. The predicted molar refractivity (Wildman–Crippen MR) is 46.3 cm³/mol. The number of azide groups is 1. The lowest BCUT2D eigenvalue weighted by molar-refractivity contribution is 0.578. The van der Waals surface area contributed by atoms with E-state index in [0.717, 1.165) is 5.56 Å². The van der Waals surface area contributed by atoms with Gasteiger partial charge >= 0.3 is 6.01 Å². The van der Waals surface area contributed by atoms with Crippen molar-refractivity contribution in [1.29, 1.82) is 0 Å². The minimum Gasteiger partial charge on any atom is -0.415 e. The average molecular weight is 188 g/mol. The van der Waals surface area contributed by atoms with Gasteiger partial charge in [-0.2, -0.15) is 0 Å². The van der Waals surface area contributed by atoms with Gasteiger partial charge in [0.1, 0.15) is 0 Å². The highest BCUT2D eigenvalue weighted by molar-refractivity contribution is 5.51. The number of pyridine rings is 1.